The Kier molecular flexibility index (Phi) is 6.11. The minimum absolute atomic E-state index is 0.00610. The van der Waals surface area contributed by atoms with Gasteiger partial charge >= 0.3 is 0 Å². The lowest BCUT2D eigenvalue weighted by Crippen LogP contribution is -2.25. The van der Waals surface area contributed by atoms with Gasteiger partial charge in [0.05, 0.1) is 19.8 Å². The molecular formula is C15H23NO4. The van der Waals surface area contributed by atoms with Crippen LogP contribution in [0.25, 0.3) is 0 Å². The molecular weight excluding hydrogens is 258 g/mol. The molecule has 1 fully saturated rings. The van der Waals surface area contributed by atoms with Gasteiger partial charge in [-0.05, 0) is 30.5 Å². The fourth-order valence-electron chi connectivity index (χ4n) is 2.28. The Morgan fingerprint density at radius 3 is 3.00 bits per heavy atom. The molecule has 1 aliphatic heterocycles. The average Bonchev–Trinajstić information content (AvgIpc) is 2.99. The van der Waals surface area contributed by atoms with Gasteiger partial charge in [0.15, 0.2) is 11.5 Å². The summed E-state index contributed by atoms with van der Waals surface area (Å²) in [6.07, 6.45) is 2.66. The molecule has 0 amide bonds. The topological polar surface area (TPSA) is 60.0 Å². The Balaban J connectivity index is 1.84. The van der Waals surface area contributed by atoms with Gasteiger partial charge in [-0.3, -0.25) is 0 Å². The van der Waals surface area contributed by atoms with Crippen LogP contribution in [0.3, 0.4) is 0 Å². The second-order valence-electron chi connectivity index (χ2n) is 4.82. The molecule has 1 aromatic rings. The van der Waals surface area contributed by atoms with Crippen LogP contribution in [0, 0.1) is 0 Å². The SMILES string of the molecule is COc1cc(CNC[C@H]2CCCO2)ccc1OCCO. The predicted molar refractivity (Wildman–Crippen MR) is 76.3 cm³/mol. The number of hydrogen-bond donors (Lipinski definition) is 2. The molecule has 1 aromatic carbocycles. The molecule has 1 heterocycles. The number of benzene rings is 1. The standard InChI is InChI=1S/C15H23NO4/c1-18-15-9-12(4-5-14(15)20-8-6-17)10-16-11-13-3-2-7-19-13/h4-5,9,13,16-17H,2-3,6-8,10-11H2,1H3/t13-/m1/s1. The summed E-state index contributed by atoms with van der Waals surface area (Å²) in [4.78, 5) is 0. The number of aliphatic hydroxyl groups excluding tert-OH is 1. The lowest BCUT2D eigenvalue weighted by Gasteiger charge is -2.13. The Morgan fingerprint density at radius 1 is 1.40 bits per heavy atom. The first-order valence-corrected chi connectivity index (χ1v) is 7.06. The summed E-state index contributed by atoms with van der Waals surface area (Å²) < 4.78 is 16.3. The highest BCUT2D eigenvalue weighted by atomic mass is 16.5. The maximum atomic E-state index is 8.78. The van der Waals surface area contributed by atoms with Crippen molar-refractivity contribution in [1.29, 1.82) is 0 Å². The van der Waals surface area contributed by atoms with E-state index in [0.717, 1.165) is 38.1 Å². The third kappa shape index (κ3) is 4.37. The summed E-state index contributed by atoms with van der Waals surface area (Å²) in [6, 6.07) is 5.82. The Morgan fingerprint density at radius 2 is 2.30 bits per heavy atom. The van der Waals surface area contributed by atoms with E-state index in [-0.39, 0.29) is 13.2 Å². The molecule has 0 spiro atoms. The van der Waals surface area contributed by atoms with Gasteiger partial charge < -0.3 is 24.6 Å². The molecule has 2 N–H and O–H groups in total. The van der Waals surface area contributed by atoms with E-state index >= 15 is 0 Å². The number of hydrogen-bond acceptors (Lipinski definition) is 5. The summed E-state index contributed by atoms with van der Waals surface area (Å²) >= 11 is 0. The van der Waals surface area contributed by atoms with Crippen LogP contribution in [0.2, 0.25) is 0 Å². The normalized spacial score (nSPS) is 18.2. The molecule has 20 heavy (non-hydrogen) atoms. The lowest BCUT2D eigenvalue weighted by atomic mass is 10.2. The van der Waals surface area contributed by atoms with Crippen LogP contribution in [0.5, 0.6) is 11.5 Å². The van der Waals surface area contributed by atoms with Crippen molar-refractivity contribution in [2.75, 3.05) is 33.5 Å². The molecule has 0 aromatic heterocycles. The highest BCUT2D eigenvalue weighted by Gasteiger charge is 2.14. The quantitative estimate of drug-likeness (QED) is 0.753. The molecule has 0 saturated carbocycles. The van der Waals surface area contributed by atoms with Gasteiger partial charge in [-0.2, -0.15) is 0 Å². The monoisotopic (exact) mass is 281 g/mol. The van der Waals surface area contributed by atoms with E-state index < -0.39 is 0 Å². The van der Waals surface area contributed by atoms with Crippen LogP contribution >= 0.6 is 0 Å². The number of methoxy groups -OCH3 is 1. The summed E-state index contributed by atoms with van der Waals surface area (Å²) in [5.74, 6) is 1.35. The molecule has 1 aliphatic rings. The maximum absolute atomic E-state index is 8.78. The predicted octanol–water partition coefficient (Wildman–Crippen LogP) is 1.33. The van der Waals surface area contributed by atoms with E-state index in [2.05, 4.69) is 5.32 Å². The highest BCUT2D eigenvalue weighted by molar-refractivity contribution is 5.42. The van der Waals surface area contributed by atoms with Gasteiger partial charge in [0, 0.05) is 19.7 Å². The average molecular weight is 281 g/mol. The van der Waals surface area contributed by atoms with E-state index in [0.29, 0.717) is 17.6 Å². The lowest BCUT2D eigenvalue weighted by molar-refractivity contribution is 0.110. The van der Waals surface area contributed by atoms with Crippen molar-refractivity contribution in [2.45, 2.75) is 25.5 Å². The third-order valence-electron chi connectivity index (χ3n) is 3.30. The first-order valence-electron chi connectivity index (χ1n) is 7.06. The largest absolute Gasteiger partial charge is 0.493 e. The van der Waals surface area contributed by atoms with E-state index in [1.54, 1.807) is 7.11 Å². The molecule has 0 bridgehead atoms. The van der Waals surface area contributed by atoms with Crippen molar-refractivity contribution in [3.05, 3.63) is 23.8 Å². The zero-order valence-electron chi connectivity index (χ0n) is 11.9. The van der Waals surface area contributed by atoms with Crippen LogP contribution in [0.1, 0.15) is 18.4 Å². The van der Waals surface area contributed by atoms with Crippen molar-refractivity contribution < 1.29 is 19.3 Å². The van der Waals surface area contributed by atoms with Gasteiger partial charge in [0.25, 0.3) is 0 Å². The Labute approximate surface area is 119 Å². The van der Waals surface area contributed by atoms with Gasteiger partial charge in [-0.1, -0.05) is 6.07 Å². The summed E-state index contributed by atoms with van der Waals surface area (Å²) in [5.41, 5.74) is 1.14. The van der Waals surface area contributed by atoms with E-state index in [1.807, 2.05) is 18.2 Å². The van der Waals surface area contributed by atoms with Gasteiger partial charge in [-0.15, -0.1) is 0 Å². The Bertz CT molecular complexity index is 405. The van der Waals surface area contributed by atoms with Gasteiger partial charge in [0.1, 0.15) is 6.61 Å². The maximum Gasteiger partial charge on any atom is 0.161 e. The molecule has 0 aliphatic carbocycles. The van der Waals surface area contributed by atoms with Gasteiger partial charge in [0.2, 0.25) is 0 Å². The molecule has 5 heteroatoms. The molecule has 112 valence electrons. The van der Waals surface area contributed by atoms with Crippen molar-refractivity contribution >= 4 is 0 Å². The Hall–Kier alpha value is -1.30. The number of aliphatic hydroxyl groups is 1. The van der Waals surface area contributed by atoms with Crippen LogP contribution in [-0.4, -0.2) is 44.7 Å². The second-order valence-corrected chi connectivity index (χ2v) is 4.82. The van der Waals surface area contributed by atoms with Crippen LogP contribution in [-0.2, 0) is 11.3 Å². The first-order chi connectivity index (χ1) is 9.83. The number of rotatable bonds is 8. The second kappa shape index (κ2) is 8.09. The molecule has 0 radical (unpaired) electrons. The van der Waals surface area contributed by atoms with Gasteiger partial charge in [-0.25, -0.2) is 0 Å². The molecule has 5 nitrogen and oxygen atoms in total. The first kappa shape index (κ1) is 15.1. The molecule has 0 unspecified atom stereocenters. The van der Waals surface area contributed by atoms with Crippen LogP contribution < -0.4 is 14.8 Å². The molecule has 1 saturated heterocycles. The number of ether oxygens (including phenoxy) is 3. The van der Waals surface area contributed by atoms with Crippen molar-refractivity contribution in [2.24, 2.45) is 0 Å². The molecule has 2 rings (SSSR count). The van der Waals surface area contributed by atoms with E-state index in [1.165, 1.54) is 0 Å². The van der Waals surface area contributed by atoms with Crippen molar-refractivity contribution in [3.63, 3.8) is 0 Å². The van der Waals surface area contributed by atoms with E-state index in [4.69, 9.17) is 19.3 Å². The summed E-state index contributed by atoms with van der Waals surface area (Å²) in [6.45, 7) is 2.81. The van der Waals surface area contributed by atoms with Crippen molar-refractivity contribution in [3.8, 4) is 11.5 Å². The smallest absolute Gasteiger partial charge is 0.161 e. The van der Waals surface area contributed by atoms with E-state index in [9.17, 15) is 0 Å². The fraction of sp³-hybridized carbons (Fsp3) is 0.600. The summed E-state index contributed by atoms with van der Waals surface area (Å²) in [5, 5.41) is 12.2. The number of nitrogens with one attached hydrogen (secondary N) is 1. The zero-order chi connectivity index (χ0) is 14.2. The highest BCUT2D eigenvalue weighted by Crippen LogP contribution is 2.28. The third-order valence-corrected chi connectivity index (χ3v) is 3.30. The molecule has 1 atom stereocenters. The van der Waals surface area contributed by atoms with Crippen molar-refractivity contribution in [1.82, 2.24) is 5.32 Å². The zero-order valence-corrected chi connectivity index (χ0v) is 11.9. The minimum Gasteiger partial charge on any atom is -0.493 e. The van der Waals surface area contributed by atoms with Crippen LogP contribution in [0.4, 0.5) is 0 Å². The fourth-order valence-corrected chi connectivity index (χ4v) is 2.28. The van der Waals surface area contributed by atoms with Crippen LogP contribution in [0.15, 0.2) is 18.2 Å². The minimum atomic E-state index is -0.00610. The summed E-state index contributed by atoms with van der Waals surface area (Å²) in [7, 11) is 1.62.